The fraction of sp³-hybridized carbons (Fsp3) is 0.150. The van der Waals surface area contributed by atoms with Crippen LogP contribution in [-0.4, -0.2) is 15.7 Å². The summed E-state index contributed by atoms with van der Waals surface area (Å²) in [6.07, 6.45) is 8.07. The van der Waals surface area contributed by atoms with Gasteiger partial charge in [0.2, 0.25) is 0 Å². The number of aliphatic imine (C=N–C) groups is 1. The minimum Gasteiger partial charge on any atom is -0.374 e. The number of benzene rings is 1. The second-order valence-corrected chi connectivity index (χ2v) is 6.18. The molecule has 0 bridgehead atoms. The van der Waals surface area contributed by atoms with E-state index in [0.717, 1.165) is 29.1 Å². The molecule has 4 nitrogen and oxygen atoms in total. The average Bonchev–Trinajstić information content (AvgIpc) is 2.80. The molecular formula is C20H18N4. The molecule has 2 aromatic heterocycles. The zero-order valence-corrected chi connectivity index (χ0v) is 13.5. The fourth-order valence-corrected chi connectivity index (χ4v) is 3.14. The van der Waals surface area contributed by atoms with Crippen molar-refractivity contribution in [1.82, 2.24) is 9.97 Å². The monoisotopic (exact) mass is 314 g/mol. The van der Waals surface area contributed by atoms with Gasteiger partial charge in [0.25, 0.3) is 0 Å². The number of para-hydroxylation sites is 2. The molecule has 24 heavy (non-hydrogen) atoms. The Morgan fingerprint density at radius 1 is 0.875 bits per heavy atom. The van der Waals surface area contributed by atoms with Crippen molar-refractivity contribution in [1.29, 1.82) is 0 Å². The maximum atomic E-state index is 4.94. The Morgan fingerprint density at radius 3 is 2.29 bits per heavy atom. The van der Waals surface area contributed by atoms with E-state index in [1.807, 2.05) is 55.1 Å². The van der Waals surface area contributed by atoms with Crippen molar-refractivity contribution < 1.29 is 0 Å². The highest BCUT2D eigenvalue weighted by Gasteiger charge is 2.31. The van der Waals surface area contributed by atoms with Crippen LogP contribution in [0.1, 0.15) is 24.5 Å². The zero-order valence-electron chi connectivity index (χ0n) is 13.5. The first kappa shape index (κ1) is 14.6. The highest BCUT2D eigenvalue weighted by molar-refractivity contribution is 6.04. The smallest absolute Gasteiger partial charge is 0.0864 e. The normalized spacial score (nSPS) is 19.6. The minimum absolute atomic E-state index is 0.266. The summed E-state index contributed by atoms with van der Waals surface area (Å²) in [6.45, 7) is 2.21. The number of fused-ring (bicyclic) bond motifs is 1. The molecule has 4 heteroatoms. The van der Waals surface area contributed by atoms with Gasteiger partial charge >= 0.3 is 0 Å². The van der Waals surface area contributed by atoms with Crippen LogP contribution in [0.4, 0.5) is 11.4 Å². The van der Waals surface area contributed by atoms with Crippen molar-refractivity contribution in [3.8, 4) is 0 Å². The highest BCUT2D eigenvalue weighted by Crippen LogP contribution is 2.38. The number of hydrogen-bond donors (Lipinski definition) is 1. The van der Waals surface area contributed by atoms with Crippen LogP contribution in [0.2, 0.25) is 0 Å². The quantitative estimate of drug-likeness (QED) is 0.766. The van der Waals surface area contributed by atoms with E-state index < -0.39 is 0 Å². The summed E-state index contributed by atoms with van der Waals surface area (Å²) in [5, 5.41) is 3.69. The summed E-state index contributed by atoms with van der Waals surface area (Å²) < 4.78 is 0. The maximum absolute atomic E-state index is 4.94. The molecule has 0 radical (unpaired) electrons. The fourth-order valence-electron chi connectivity index (χ4n) is 3.14. The lowest BCUT2D eigenvalue weighted by atomic mass is 9.85. The van der Waals surface area contributed by atoms with E-state index in [0.29, 0.717) is 0 Å². The second-order valence-electron chi connectivity index (χ2n) is 6.18. The lowest BCUT2D eigenvalue weighted by Crippen LogP contribution is -2.33. The molecule has 0 saturated heterocycles. The molecule has 3 aromatic rings. The molecule has 1 aliphatic rings. The number of hydrogen-bond acceptors (Lipinski definition) is 4. The van der Waals surface area contributed by atoms with E-state index in [1.54, 1.807) is 0 Å². The standard InChI is InChI=1S/C20H18N4/c1-20(16-8-12-22-13-9-16)14-19(15-6-10-21-11-7-15)23-17-4-2-3-5-18(17)24-20/h2-13,24H,14H2,1H3. The Balaban J connectivity index is 1.87. The SMILES string of the molecule is CC1(c2ccncc2)CC(c2ccncc2)=Nc2ccccc2N1. The zero-order chi connectivity index (χ0) is 16.4. The van der Waals surface area contributed by atoms with Crippen LogP contribution in [0.15, 0.2) is 78.3 Å². The third-order valence-corrected chi connectivity index (χ3v) is 4.42. The first-order valence-electron chi connectivity index (χ1n) is 8.00. The summed E-state index contributed by atoms with van der Waals surface area (Å²) in [4.78, 5) is 13.2. The maximum Gasteiger partial charge on any atom is 0.0864 e. The number of nitrogens with one attached hydrogen (secondary N) is 1. The Morgan fingerprint density at radius 2 is 1.54 bits per heavy atom. The van der Waals surface area contributed by atoms with Crippen LogP contribution < -0.4 is 5.32 Å². The van der Waals surface area contributed by atoms with E-state index in [9.17, 15) is 0 Å². The minimum atomic E-state index is -0.266. The van der Waals surface area contributed by atoms with Gasteiger partial charge in [0.1, 0.15) is 0 Å². The van der Waals surface area contributed by atoms with Gasteiger partial charge in [-0.1, -0.05) is 12.1 Å². The summed E-state index contributed by atoms with van der Waals surface area (Å²) in [7, 11) is 0. The van der Waals surface area contributed by atoms with Crippen molar-refractivity contribution in [2.75, 3.05) is 5.32 Å². The van der Waals surface area contributed by atoms with Crippen LogP contribution in [0.25, 0.3) is 0 Å². The Bertz CT molecular complexity index is 874. The summed E-state index contributed by atoms with van der Waals surface area (Å²) in [5.74, 6) is 0. The average molecular weight is 314 g/mol. The van der Waals surface area contributed by atoms with Crippen LogP contribution in [0.3, 0.4) is 0 Å². The van der Waals surface area contributed by atoms with Gasteiger partial charge in [0.05, 0.1) is 22.6 Å². The number of aromatic nitrogens is 2. The third kappa shape index (κ3) is 2.67. The van der Waals surface area contributed by atoms with E-state index in [-0.39, 0.29) is 5.54 Å². The highest BCUT2D eigenvalue weighted by atomic mass is 15.0. The summed E-state index contributed by atoms with van der Waals surface area (Å²) in [5.41, 5.74) is 5.08. The Hall–Kier alpha value is -3.01. The van der Waals surface area contributed by atoms with Crippen molar-refractivity contribution in [2.45, 2.75) is 18.9 Å². The molecule has 1 unspecified atom stereocenters. The van der Waals surface area contributed by atoms with Gasteiger partial charge in [-0.15, -0.1) is 0 Å². The molecule has 1 aliphatic heterocycles. The predicted octanol–water partition coefficient (Wildman–Crippen LogP) is 4.33. The Labute approximate surface area is 141 Å². The molecule has 4 rings (SSSR count). The van der Waals surface area contributed by atoms with E-state index in [4.69, 9.17) is 4.99 Å². The topological polar surface area (TPSA) is 50.2 Å². The molecule has 0 fully saturated rings. The molecule has 0 amide bonds. The van der Waals surface area contributed by atoms with Crippen LogP contribution >= 0.6 is 0 Å². The van der Waals surface area contributed by atoms with Gasteiger partial charge in [-0.2, -0.15) is 0 Å². The van der Waals surface area contributed by atoms with Gasteiger partial charge in [-0.3, -0.25) is 15.0 Å². The van der Waals surface area contributed by atoms with Gasteiger partial charge in [0.15, 0.2) is 0 Å². The predicted molar refractivity (Wildman–Crippen MR) is 96.7 cm³/mol. The number of rotatable bonds is 2. The molecule has 118 valence electrons. The molecule has 1 atom stereocenters. The Kier molecular flexibility index (Phi) is 3.58. The first-order chi connectivity index (χ1) is 11.7. The lowest BCUT2D eigenvalue weighted by Gasteiger charge is -2.31. The van der Waals surface area contributed by atoms with Gasteiger partial charge in [0, 0.05) is 31.2 Å². The number of anilines is 1. The van der Waals surface area contributed by atoms with E-state index in [1.165, 1.54) is 5.56 Å². The molecule has 1 N–H and O–H groups in total. The van der Waals surface area contributed by atoms with Crippen LogP contribution in [0, 0.1) is 0 Å². The summed E-state index contributed by atoms with van der Waals surface area (Å²) >= 11 is 0. The largest absolute Gasteiger partial charge is 0.374 e. The van der Waals surface area contributed by atoms with Gasteiger partial charge in [-0.05, 0) is 54.4 Å². The van der Waals surface area contributed by atoms with Crippen molar-refractivity contribution >= 4 is 17.1 Å². The lowest BCUT2D eigenvalue weighted by molar-refractivity contribution is 0.570. The molecule has 0 saturated carbocycles. The van der Waals surface area contributed by atoms with Crippen molar-refractivity contribution in [3.05, 3.63) is 84.4 Å². The molecule has 1 aromatic carbocycles. The molecular weight excluding hydrogens is 296 g/mol. The van der Waals surface area contributed by atoms with E-state index in [2.05, 4.69) is 40.4 Å². The molecule has 0 aliphatic carbocycles. The number of pyridine rings is 2. The van der Waals surface area contributed by atoms with Crippen LogP contribution in [-0.2, 0) is 5.54 Å². The van der Waals surface area contributed by atoms with Gasteiger partial charge < -0.3 is 5.32 Å². The van der Waals surface area contributed by atoms with Gasteiger partial charge in [-0.25, -0.2) is 0 Å². The second kappa shape index (κ2) is 5.89. The van der Waals surface area contributed by atoms with Crippen molar-refractivity contribution in [3.63, 3.8) is 0 Å². The summed E-state index contributed by atoms with van der Waals surface area (Å²) in [6, 6.07) is 16.3. The van der Waals surface area contributed by atoms with Crippen LogP contribution in [0.5, 0.6) is 0 Å². The molecule has 0 spiro atoms. The molecule has 3 heterocycles. The van der Waals surface area contributed by atoms with E-state index >= 15 is 0 Å². The number of nitrogens with zero attached hydrogens (tertiary/aromatic N) is 3. The third-order valence-electron chi connectivity index (χ3n) is 4.42. The van der Waals surface area contributed by atoms with Crippen molar-refractivity contribution in [2.24, 2.45) is 4.99 Å². The first-order valence-corrected chi connectivity index (χ1v) is 8.00.